The number of guanidine groups is 1. The second-order valence-corrected chi connectivity index (χ2v) is 6.20. The van der Waals surface area contributed by atoms with Gasteiger partial charge in [-0.1, -0.05) is 6.92 Å². The molecule has 0 amide bonds. The third-order valence-electron chi connectivity index (χ3n) is 4.19. The Morgan fingerprint density at radius 1 is 1.45 bits per heavy atom. The van der Waals surface area contributed by atoms with Crippen LogP contribution in [0, 0.1) is 0 Å². The Balaban J connectivity index is 2.32. The topological polar surface area (TPSA) is 66.1 Å². The number of likely N-dealkylation sites (tertiary alicyclic amines) is 1. The molecule has 2 unspecified atom stereocenters. The maximum absolute atomic E-state index is 5.99. The number of ether oxygens (including phenoxy) is 1. The quantitative estimate of drug-likeness (QED) is 0.460. The molecule has 2 atom stereocenters. The van der Waals surface area contributed by atoms with Gasteiger partial charge < -0.3 is 20.7 Å². The first-order valence-corrected chi connectivity index (χ1v) is 8.60. The minimum absolute atomic E-state index is 0.145. The maximum Gasteiger partial charge on any atom is 0.188 e. The number of hydrogen-bond acceptors (Lipinski definition) is 4. The van der Waals surface area contributed by atoms with E-state index in [4.69, 9.17) is 10.5 Å². The summed E-state index contributed by atoms with van der Waals surface area (Å²) in [6, 6.07) is 0.593. The van der Waals surface area contributed by atoms with Gasteiger partial charge in [0.1, 0.15) is 0 Å². The number of nitrogens with zero attached hydrogens (tertiary/aromatic N) is 3. The molecule has 0 aromatic carbocycles. The monoisotopic (exact) mass is 313 g/mol. The lowest BCUT2D eigenvalue weighted by atomic mass is 10.2. The van der Waals surface area contributed by atoms with Crippen molar-refractivity contribution >= 4 is 5.96 Å². The third kappa shape index (κ3) is 7.42. The van der Waals surface area contributed by atoms with E-state index >= 15 is 0 Å². The van der Waals surface area contributed by atoms with Gasteiger partial charge in [-0.25, -0.2) is 0 Å². The van der Waals surface area contributed by atoms with Crippen LogP contribution in [0.1, 0.15) is 33.1 Å². The predicted octanol–water partition coefficient (Wildman–Crippen LogP) is 0.732. The minimum Gasteiger partial charge on any atom is -0.377 e. The molecule has 0 saturated carbocycles. The highest BCUT2D eigenvalue weighted by atomic mass is 16.5. The van der Waals surface area contributed by atoms with Crippen LogP contribution in [-0.4, -0.2) is 81.3 Å². The van der Waals surface area contributed by atoms with Gasteiger partial charge in [0.2, 0.25) is 0 Å². The summed E-state index contributed by atoms with van der Waals surface area (Å²) in [5.41, 5.74) is 5.99. The molecule has 1 heterocycles. The Morgan fingerprint density at radius 2 is 2.23 bits per heavy atom. The number of nitrogens with one attached hydrogen (secondary N) is 1. The van der Waals surface area contributed by atoms with Gasteiger partial charge in [0, 0.05) is 25.7 Å². The summed E-state index contributed by atoms with van der Waals surface area (Å²) >= 11 is 0. The molecule has 130 valence electrons. The fraction of sp³-hybridized carbons (Fsp3) is 0.938. The standard InChI is InChI=1S/C16H35N5O/c1-5-21-10-7-8-14(21)12-18-16(17)19-13-15(22-6-2)9-11-20(3)4/h14-15H,5-13H2,1-4H3,(H3,17,18,19). The number of hydrogen-bond donors (Lipinski definition) is 2. The summed E-state index contributed by atoms with van der Waals surface area (Å²) in [7, 11) is 4.15. The van der Waals surface area contributed by atoms with E-state index in [1.54, 1.807) is 0 Å². The Bertz CT molecular complexity index is 322. The second-order valence-electron chi connectivity index (χ2n) is 6.20. The zero-order chi connectivity index (χ0) is 16.4. The first kappa shape index (κ1) is 19.2. The normalized spacial score (nSPS) is 21.5. The lowest BCUT2D eigenvalue weighted by Gasteiger charge is -2.23. The van der Waals surface area contributed by atoms with Crippen LogP contribution in [0.3, 0.4) is 0 Å². The maximum atomic E-state index is 5.99. The smallest absolute Gasteiger partial charge is 0.188 e. The van der Waals surface area contributed by atoms with Crippen LogP contribution in [0.4, 0.5) is 0 Å². The van der Waals surface area contributed by atoms with E-state index in [1.807, 2.05) is 6.92 Å². The molecule has 0 aliphatic carbocycles. The third-order valence-corrected chi connectivity index (χ3v) is 4.19. The second kappa shape index (κ2) is 10.8. The lowest BCUT2D eigenvalue weighted by molar-refractivity contribution is 0.0582. The van der Waals surface area contributed by atoms with E-state index in [0.717, 1.165) is 26.1 Å². The van der Waals surface area contributed by atoms with Crippen LogP contribution < -0.4 is 11.1 Å². The molecule has 1 rings (SSSR count). The van der Waals surface area contributed by atoms with E-state index in [2.05, 4.69) is 41.1 Å². The van der Waals surface area contributed by atoms with Crippen LogP contribution in [0.5, 0.6) is 0 Å². The molecule has 3 N–H and O–H groups in total. The lowest BCUT2D eigenvalue weighted by Crippen LogP contribution is -2.43. The van der Waals surface area contributed by atoms with Gasteiger partial charge in [-0.3, -0.25) is 9.89 Å². The molecule has 1 aliphatic heterocycles. The molecule has 0 bridgehead atoms. The molecule has 0 aromatic heterocycles. The van der Waals surface area contributed by atoms with Crippen molar-refractivity contribution in [3.63, 3.8) is 0 Å². The zero-order valence-corrected chi connectivity index (χ0v) is 14.8. The van der Waals surface area contributed by atoms with Crippen molar-refractivity contribution in [3.8, 4) is 0 Å². The summed E-state index contributed by atoms with van der Waals surface area (Å²) in [5, 5.41) is 3.27. The fourth-order valence-corrected chi connectivity index (χ4v) is 2.89. The zero-order valence-electron chi connectivity index (χ0n) is 14.8. The van der Waals surface area contributed by atoms with Crippen molar-refractivity contribution < 1.29 is 4.74 Å². The van der Waals surface area contributed by atoms with E-state index in [0.29, 0.717) is 25.2 Å². The van der Waals surface area contributed by atoms with Crippen molar-refractivity contribution in [3.05, 3.63) is 0 Å². The average molecular weight is 313 g/mol. The van der Waals surface area contributed by atoms with Crippen molar-refractivity contribution in [2.75, 3.05) is 53.4 Å². The molecule has 1 saturated heterocycles. The largest absolute Gasteiger partial charge is 0.377 e. The number of aliphatic imine (C=N–C) groups is 1. The molecule has 1 aliphatic rings. The average Bonchev–Trinajstić information content (AvgIpc) is 2.95. The van der Waals surface area contributed by atoms with E-state index < -0.39 is 0 Å². The SMILES string of the molecule is CCOC(CCN(C)C)CN=C(N)NCC1CCCN1CC. The molecular formula is C16H35N5O. The van der Waals surface area contributed by atoms with Gasteiger partial charge in [0.15, 0.2) is 5.96 Å². The van der Waals surface area contributed by atoms with Crippen LogP contribution in [0.25, 0.3) is 0 Å². The highest BCUT2D eigenvalue weighted by molar-refractivity contribution is 5.77. The predicted molar refractivity (Wildman–Crippen MR) is 93.3 cm³/mol. The van der Waals surface area contributed by atoms with Crippen LogP contribution in [0.15, 0.2) is 4.99 Å². The molecule has 0 radical (unpaired) electrons. The van der Waals surface area contributed by atoms with Crippen molar-refractivity contribution in [1.29, 1.82) is 0 Å². The summed E-state index contributed by atoms with van der Waals surface area (Å²) in [6.45, 7) is 9.79. The molecule has 6 heteroatoms. The summed E-state index contributed by atoms with van der Waals surface area (Å²) in [6.07, 6.45) is 3.66. The Labute approximate surface area is 136 Å². The Morgan fingerprint density at radius 3 is 2.86 bits per heavy atom. The van der Waals surface area contributed by atoms with Crippen molar-refractivity contribution in [2.24, 2.45) is 10.7 Å². The van der Waals surface area contributed by atoms with Gasteiger partial charge in [0.05, 0.1) is 12.6 Å². The minimum atomic E-state index is 0.145. The Hall–Kier alpha value is -0.850. The van der Waals surface area contributed by atoms with Crippen LogP contribution in [-0.2, 0) is 4.74 Å². The first-order chi connectivity index (χ1) is 10.6. The van der Waals surface area contributed by atoms with Gasteiger partial charge >= 0.3 is 0 Å². The molecule has 0 aromatic rings. The summed E-state index contributed by atoms with van der Waals surface area (Å²) in [4.78, 5) is 9.12. The van der Waals surface area contributed by atoms with Gasteiger partial charge in [0.25, 0.3) is 0 Å². The van der Waals surface area contributed by atoms with Crippen LogP contribution in [0.2, 0.25) is 0 Å². The number of nitrogens with two attached hydrogens (primary N) is 1. The van der Waals surface area contributed by atoms with E-state index in [1.165, 1.54) is 19.4 Å². The molecule has 1 fully saturated rings. The van der Waals surface area contributed by atoms with Gasteiger partial charge in [-0.2, -0.15) is 0 Å². The molecular weight excluding hydrogens is 278 g/mol. The first-order valence-electron chi connectivity index (χ1n) is 8.60. The van der Waals surface area contributed by atoms with Crippen LogP contribution >= 0.6 is 0 Å². The summed E-state index contributed by atoms with van der Waals surface area (Å²) < 4.78 is 5.73. The van der Waals surface area contributed by atoms with E-state index in [9.17, 15) is 0 Å². The summed E-state index contributed by atoms with van der Waals surface area (Å²) in [5.74, 6) is 0.539. The molecule has 6 nitrogen and oxygen atoms in total. The highest BCUT2D eigenvalue weighted by Gasteiger charge is 2.22. The molecule has 0 spiro atoms. The van der Waals surface area contributed by atoms with E-state index in [-0.39, 0.29) is 6.10 Å². The van der Waals surface area contributed by atoms with Gasteiger partial charge in [-0.15, -0.1) is 0 Å². The van der Waals surface area contributed by atoms with Crippen molar-refractivity contribution in [1.82, 2.24) is 15.1 Å². The van der Waals surface area contributed by atoms with Crippen molar-refractivity contribution in [2.45, 2.75) is 45.3 Å². The van der Waals surface area contributed by atoms with Gasteiger partial charge in [-0.05, 0) is 53.4 Å². The number of rotatable bonds is 10. The highest BCUT2D eigenvalue weighted by Crippen LogP contribution is 2.15. The Kier molecular flexibility index (Phi) is 9.43. The fourth-order valence-electron chi connectivity index (χ4n) is 2.89. The molecule has 22 heavy (non-hydrogen) atoms. The number of likely N-dealkylation sites (N-methyl/N-ethyl adjacent to an activating group) is 1.